The number of fused-ring (bicyclic) bond motifs is 1. The van der Waals surface area contributed by atoms with E-state index in [0.717, 1.165) is 26.5 Å². The van der Waals surface area contributed by atoms with Crippen molar-refractivity contribution in [3.05, 3.63) is 47.1 Å². The Morgan fingerprint density at radius 2 is 1.78 bits per heavy atom. The highest BCUT2D eigenvalue weighted by atomic mass is 79.9. The van der Waals surface area contributed by atoms with Crippen molar-refractivity contribution < 1.29 is 14.3 Å². The molecule has 3 aromatic rings. The zero-order valence-electron chi connectivity index (χ0n) is 12.7. The molecule has 3 rings (SSSR count). The number of carbonyl (C=O) groups excluding carboxylic acids is 1. The molecule has 118 valence electrons. The van der Waals surface area contributed by atoms with Gasteiger partial charge in [0.15, 0.2) is 0 Å². The highest BCUT2D eigenvalue weighted by Crippen LogP contribution is 2.40. The highest BCUT2D eigenvalue weighted by Gasteiger charge is 2.16. The smallest absolute Gasteiger partial charge is 0.323 e. The van der Waals surface area contributed by atoms with Gasteiger partial charge >= 0.3 is 6.03 Å². The lowest BCUT2D eigenvalue weighted by atomic mass is 10.0. The van der Waals surface area contributed by atoms with Crippen LogP contribution in [0.25, 0.3) is 22.0 Å². The molecule has 0 bridgehead atoms. The van der Waals surface area contributed by atoms with E-state index in [-0.39, 0.29) is 0 Å². The maximum absolute atomic E-state index is 11.5. The van der Waals surface area contributed by atoms with Crippen LogP contribution in [0.3, 0.4) is 0 Å². The number of nitrogens with zero attached hydrogens (tertiary/aromatic N) is 1. The van der Waals surface area contributed by atoms with Crippen molar-refractivity contribution in [1.82, 2.24) is 4.57 Å². The number of nitrogens with two attached hydrogens (primary N) is 1. The van der Waals surface area contributed by atoms with Gasteiger partial charge in [-0.1, -0.05) is 12.1 Å². The summed E-state index contributed by atoms with van der Waals surface area (Å²) in [5.41, 5.74) is 7.92. The van der Waals surface area contributed by atoms with Crippen LogP contribution in [0.15, 0.2) is 47.1 Å². The van der Waals surface area contributed by atoms with E-state index in [4.69, 9.17) is 15.2 Å². The van der Waals surface area contributed by atoms with Crippen LogP contribution in [0.4, 0.5) is 4.79 Å². The molecule has 0 saturated carbocycles. The average molecular weight is 375 g/mol. The minimum Gasteiger partial charge on any atom is -0.496 e. The Hall–Kier alpha value is -2.47. The van der Waals surface area contributed by atoms with Gasteiger partial charge in [-0.3, -0.25) is 4.57 Å². The SMILES string of the molecule is COc1cccc(OC)c1-c1ccc2c(c1)c(Br)cn2C(N)=O. The molecule has 1 heterocycles. The number of primary amides is 1. The molecule has 2 aromatic carbocycles. The third kappa shape index (κ3) is 2.55. The molecule has 23 heavy (non-hydrogen) atoms. The number of aromatic nitrogens is 1. The first kappa shape index (κ1) is 15.4. The summed E-state index contributed by atoms with van der Waals surface area (Å²) >= 11 is 3.47. The number of benzene rings is 2. The topological polar surface area (TPSA) is 66.5 Å². The molecule has 0 fully saturated rings. The predicted molar refractivity (Wildman–Crippen MR) is 93.2 cm³/mol. The fraction of sp³-hybridized carbons (Fsp3) is 0.118. The molecule has 0 aliphatic rings. The molecule has 2 N–H and O–H groups in total. The van der Waals surface area contributed by atoms with Gasteiger partial charge in [0.1, 0.15) is 11.5 Å². The standard InChI is InChI=1S/C17H15BrN2O3/c1-22-14-4-3-5-15(23-2)16(14)10-6-7-13-11(8-10)12(18)9-20(13)17(19)21/h3-9H,1-2H3,(H2,19,21). The van der Waals surface area contributed by atoms with Crippen LogP contribution < -0.4 is 15.2 Å². The van der Waals surface area contributed by atoms with Gasteiger partial charge in [0, 0.05) is 16.1 Å². The van der Waals surface area contributed by atoms with Gasteiger partial charge in [0.2, 0.25) is 0 Å². The molecular weight excluding hydrogens is 360 g/mol. The van der Waals surface area contributed by atoms with Gasteiger partial charge in [-0.15, -0.1) is 0 Å². The molecule has 0 spiro atoms. The summed E-state index contributed by atoms with van der Waals surface area (Å²) in [5.74, 6) is 1.43. The summed E-state index contributed by atoms with van der Waals surface area (Å²) in [6.07, 6.45) is 1.66. The van der Waals surface area contributed by atoms with Gasteiger partial charge in [0.05, 0.1) is 25.3 Å². The zero-order valence-corrected chi connectivity index (χ0v) is 14.3. The summed E-state index contributed by atoms with van der Waals surface area (Å²) in [5, 5.41) is 0.884. The van der Waals surface area contributed by atoms with Crippen LogP contribution in [0.5, 0.6) is 11.5 Å². The third-order valence-corrected chi connectivity index (χ3v) is 4.34. The van der Waals surface area contributed by atoms with Crippen LogP contribution in [-0.2, 0) is 0 Å². The lowest BCUT2D eigenvalue weighted by Crippen LogP contribution is -2.18. The van der Waals surface area contributed by atoms with E-state index in [1.165, 1.54) is 4.57 Å². The van der Waals surface area contributed by atoms with E-state index >= 15 is 0 Å². The number of halogens is 1. The molecular formula is C17H15BrN2O3. The monoisotopic (exact) mass is 374 g/mol. The maximum Gasteiger partial charge on any atom is 0.323 e. The second kappa shape index (κ2) is 5.96. The second-order valence-corrected chi connectivity index (χ2v) is 5.81. The van der Waals surface area contributed by atoms with Crippen LogP contribution >= 0.6 is 15.9 Å². The van der Waals surface area contributed by atoms with Crippen LogP contribution in [0.1, 0.15) is 0 Å². The molecule has 0 aliphatic heterocycles. The van der Waals surface area contributed by atoms with Crippen LogP contribution in [-0.4, -0.2) is 24.8 Å². The Morgan fingerprint density at radius 3 is 2.35 bits per heavy atom. The van der Waals surface area contributed by atoms with E-state index in [1.807, 2.05) is 36.4 Å². The molecule has 6 heteroatoms. The summed E-state index contributed by atoms with van der Waals surface area (Å²) in [6.45, 7) is 0. The molecule has 0 aliphatic carbocycles. The lowest BCUT2D eigenvalue weighted by Gasteiger charge is -2.13. The fourth-order valence-electron chi connectivity index (χ4n) is 2.66. The van der Waals surface area contributed by atoms with Crippen molar-refractivity contribution in [3.63, 3.8) is 0 Å². The van der Waals surface area contributed by atoms with Crippen LogP contribution in [0.2, 0.25) is 0 Å². The minimum absolute atomic E-state index is 0.525. The van der Waals surface area contributed by atoms with E-state index in [0.29, 0.717) is 11.5 Å². The van der Waals surface area contributed by atoms with Crippen molar-refractivity contribution in [1.29, 1.82) is 0 Å². The summed E-state index contributed by atoms with van der Waals surface area (Å²) < 4.78 is 13.1. The molecule has 1 aromatic heterocycles. The fourth-order valence-corrected chi connectivity index (χ4v) is 3.19. The average Bonchev–Trinajstić information content (AvgIpc) is 2.90. The van der Waals surface area contributed by atoms with Gasteiger partial charge in [-0.05, 0) is 45.8 Å². The van der Waals surface area contributed by atoms with E-state index in [2.05, 4.69) is 15.9 Å². The molecule has 0 saturated heterocycles. The maximum atomic E-state index is 11.5. The van der Waals surface area contributed by atoms with E-state index in [9.17, 15) is 4.79 Å². The quantitative estimate of drug-likeness (QED) is 0.752. The predicted octanol–water partition coefficient (Wildman–Crippen LogP) is 4.01. The minimum atomic E-state index is -0.525. The number of hydrogen-bond donors (Lipinski definition) is 1. The van der Waals surface area contributed by atoms with E-state index in [1.54, 1.807) is 20.4 Å². The Labute approximate surface area is 141 Å². The largest absolute Gasteiger partial charge is 0.496 e. The number of hydrogen-bond acceptors (Lipinski definition) is 3. The first-order chi connectivity index (χ1) is 11.1. The Balaban J connectivity index is 2.27. The molecule has 5 nitrogen and oxygen atoms in total. The van der Waals surface area contributed by atoms with Crippen LogP contribution in [0, 0.1) is 0 Å². The summed E-state index contributed by atoms with van der Waals surface area (Å²) in [6, 6.07) is 10.8. The third-order valence-electron chi connectivity index (χ3n) is 3.71. The van der Waals surface area contributed by atoms with Crippen molar-refractivity contribution in [2.45, 2.75) is 0 Å². The number of methoxy groups -OCH3 is 2. The van der Waals surface area contributed by atoms with Gasteiger partial charge in [-0.2, -0.15) is 0 Å². The number of amides is 1. The first-order valence-corrected chi connectivity index (χ1v) is 7.68. The van der Waals surface area contributed by atoms with Crippen molar-refractivity contribution in [3.8, 4) is 22.6 Å². The van der Waals surface area contributed by atoms with Crippen molar-refractivity contribution in [2.24, 2.45) is 5.73 Å². The Bertz CT molecular complexity index is 880. The Morgan fingerprint density at radius 1 is 1.13 bits per heavy atom. The Kier molecular flexibility index (Phi) is 4.00. The molecule has 0 unspecified atom stereocenters. The van der Waals surface area contributed by atoms with Crippen molar-refractivity contribution >= 4 is 32.9 Å². The molecule has 0 radical (unpaired) electrons. The second-order valence-electron chi connectivity index (χ2n) is 4.95. The molecule has 0 atom stereocenters. The van der Waals surface area contributed by atoms with Crippen molar-refractivity contribution in [2.75, 3.05) is 14.2 Å². The van der Waals surface area contributed by atoms with E-state index < -0.39 is 6.03 Å². The normalized spacial score (nSPS) is 10.7. The number of carbonyl (C=O) groups is 1. The van der Waals surface area contributed by atoms with Gasteiger partial charge < -0.3 is 15.2 Å². The summed E-state index contributed by atoms with van der Waals surface area (Å²) in [4.78, 5) is 11.5. The summed E-state index contributed by atoms with van der Waals surface area (Å²) in [7, 11) is 3.24. The number of rotatable bonds is 3. The van der Waals surface area contributed by atoms with Gasteiger partial charge in [0.25, 0.3) is 0 Å². The zero-order chi connectivity index (χ0) is 16.6. The molecule has 1 amide bonds. The number of ether oxygens (including phenoxy) is 2. The van der Waals surface area contributed by atoms with Gasteiger partial charge in [-0.25, -0.2) is 4.79 Å². The highest BCUT2D eigenvalue weighted by molar-refractivity contribution is 9.10. The lowest BCUT2D eigenvalue weighted by molar-refractivity contribution is 0.251. The first-order valence-electron chi connectivity index (χ1n) is 6.88.